The zero-order valence-corrected chi connectivity index (χ0v) is 20.6. The summed E-state index contributed by atoms with van der Waals surface area (Å²) in [6.07, 6.45) is 5.79. The van der Waals surface area contributed by atoms with Crippen molar-refractivity contribution >= 4 is 15.9 Å². The van der Waals surface area contributed by atoms with Crippen LogP contribution in [-0.2, 0) is 16.9 Å². The van der Waals surface area contributed by atoms with Gasteiger partial charge in [-0.05, 0) is 53.5 Å². The second-order valence-corrected chi connectivity index (χ2v) is 9.02. The fourth-order valence-corrected chi connectivity index (χ4v) is 4.52. The van der Waals surface area contributed by atoms with E-state index in [1.807, 2.05) is 30.3 Å². The Bertz CT molecular complexity index is 1210. The Kier molecular flexibility index (Phi) is 7.50. The summed E-state index contributed by atoms with van der Waals surface area (Å²) < 4.78 is 13.4. The van der Waals surface area contributed by atoms with Crippen molar-refractivity contribution < 1.29 is 9.47 Å². The third-order valence-electron chi connectivity index (χ3n) is 5.81. The van der Waals surface area contributed by atoms with Crippen LogP contribution in [0, 0.1) is 11.8 Å². The van der Waals surface area contributed by atoms with Gasteiger partial charge in [0.25, 0.3) is 0 Å². The maximum Gasteiger partial charge on any atom is 0.141 e. The quantitative estimate of drug-likeness (QED) is 0.312. The topological polar surface area (TPSA) is 18.5 Å². The Hall–Kier alpha value is -3.06. The number of rotatable bonds is 7. The lowest BCUT2D eigenvalue weighted by atomic mass is 9.77. The summed E-state index contributed by atoms with van der Waals surface area (Å²) in [5.74, 6) is 7.49. The average molecular weight is 499 g/mol. The standard InChI is InChI=1S/C30H27BrO2/c1-23-9-6-7-13-26(16-15-23)30(25-11-4-3-5-12-25,27-17-19-29(32-2)20-18-27)33-22-24-10-8-14-28(31)21-24/h3-5,8,10-12,14-21H,9,13,22H2,1-2H3/b23-15-,26-16+. The first-order valence-electron chi connectivity index (χ1n) is 11.0. The van der Waals surface area contributed by atoms with Crippen LogP contribution in [-0.4, -0.2) is 7.11 Å². The maximum atomic E-state index is 6.96. The van der Waals surface area contributed by atoms with Crippen LogP contribution in [0.5, 0.6) is 5.75 Å². The normalized spacial score (nSPS) is 18.3. The molecule has 1 atom stereocenters. The zero-order chi connectivity index (χ0) is 23.1. The van der Waals surface area contributed by atoms with Gasteiger partial charge in [0.2, 0.25) is 0 Å². The fraction of sp³-hybridized carbons (Fsp3) is 0.200. The molecule has 0 aromatic heterocycles. The van der Waals surface area contributed by atoms with Crippen LogP contribution < -0.4 is 4.74 Å². The number of halogens is 1. The van der Waals surface area contributed by atoms with Crippen molar-refractivity contribution in [2.45, 2.75) is 32.0 Å². The first-order valence-corrected chi connectivity index (χ1v) is 11.8. The molecule has 0 bridgehead atoms. The predicted octanol–water partition coefficient (Wildman–Crippen LogP) is 7.59. The fourth-order valence-electron chi connectivity index (χ4n) is 4.08. The molecule has 0 saturated carbocycles. The highest BCUT2D eigenvalue weighted by molar-refractivity contribution is 9.10. The van der Waals surface area contributed by atoms with Gasteiger partial charge in [-0.15, -0.1) is 0 Å². The summed E-state index contributed by atoms with van der Waals surface area (Å²) in [5.41, 5.74) is 4.78. The molecule has 3 aromatic rings. The molecular formula is C30H27BrO2. The molecule has 3 aromatic carbocycles. The molecule has 1 aliphatic rings. The van der Waals surface area contributed by atoms with E-state index in [9.17, 15) is 0 Å². The van der Waals surface area contributed by atoms with Crippen LogP contribution in [0.2, 0.25) is 0 Å². The van der Waals surface area contributed by atoms with Crippen LogP contribution in [0.25, 0.3) is 0 Å². The smallest absolute Gasteiger partial charge is 0.141 e. The summed E-state index contributed by atoms with van der Waals surface area (Å²) >= 11 is 3.58. The van der Waals surface area contributed by atoms with Gasteiger partial charge in [0.1, 0.15) is 11.4 Å². The van der Waals surface area contributed by atoms with E-state index in [0.717, 1.165) is 38.9 Å². The van der Waals surface area contributed by atoms with E-state index in [1.54, 1.807) is 7.11 Å². The zero-order valence-electron chi connectivity index (χ0n) is 19.0. The Morgan fingerprint density at radius 3 is 2.30 bits per heavy atom. The van der Waals surface area contributed by atoms with Crippen molar-refractivity contribution in [3.8, 4) is 17.6 Å². The van der Waals surface area contributed by atoms with Gasteiger partial charge in [0, 0.05) is 17.3 Å². The molecule has 33 heavy (non-hydrogen) atoms. The third-order valence-corrected chi connectivity index (χ3v) is 6.31. The molecule has 0 saturated heterocycles. The van der Waals surface area contributed by atoms with Gasteiger partial charge in [-0.3, -0.25) is 0 Å². The molecule has 3 heteroatoms. The second-order valence-electron chi connectivity index (χ2n) is 8.11. The van der Waals surface area contributed by atoms with Crippen molar-refractivity contribution in [2.24, 2.45) is 0 Å². The predicted molar refractivity (Wildman–Crippen MR) is 138 cm³/mol. The van der Waals surface area contributed by atoms with Gasteiger partial charge < -0.3 is 9.47 Å². The molecule has 4 rings (SSSR count). The summed E-state index contributed by atoms with van der Waals surface area (Å²) in [6, 6.07) is 26.8. The molecule has 0 fully saturated rings. The van der Waals surface area contributed by atoms with Crippen molar-refractivity contribution in [1.82, 2.24) is 0 Å². The molecule has 0 aliphatic heterocycles. The molecule has 2 nitrogen and oxygen atoms in total. The third kappa shape index (κ3) is 5.30. The average Bonchev–Trinajstić information content (AvgIpc) is 2.84. The highest BCUT2D eigenvalue weighted by Crippen LogP contribution is 2.43. The number of ether oxygens (including phenoxy) is 2. The van der Waals surface area contributed by atoms with Gasteiger partial charge in [-0.2, -0.15) is 0 Å². The molecule has 0 heterocycles. The minimum Gasteiger partial charge on any atom is -0.497 e. The van der Waals surface area contributed by atoms with Crippen LogP contribution in [0.3, 0.4) is 0 Å². The van der Waals surface area contributed by atoms with E-state index < -0.39 is 5.60 Å². The van der Waals surface area contributed by atoms with Crippen LogP contribution in [0.4, 0.5) is 0 Å². The maximum absolute atomic E-state index is 6.96. The first kappa shape index (κ1) is 23.1. The van der Waals surface area contributed by atoms with Crippen LogP contribution in [0.15, 0.2) is 107 Å². The molecule has 1 aliphatic carbocycles. The largest absolute Gasteiger partial charge is 0.497 e. The van der Waals surface area contributed by atoms with Crippen LogP contribution in [0.1, 0.15) is 36.5 Å². The van der Waals surface area contributed by atoms with Gasteiger partial charge in [0.05, 0.1) is 13.7 Å². The van der Waals surface area contributed by atoms with Crippen LogP contribution >= 0.6 is 15.9 Å². The summed E-state index contributed by atoms with van der Waals surface area (Å²) in [6.45, 7) is 2.57. The van der Waals surface area contributed by atoms with E-state index >= 15 is 0 Å². The van der Waals surface area contributed by atoms with Crippen molar-refractivity contribution in [3.63, 3.8) is 0 Å². The molecule has 166 valence electrons. The molecule has 0 N–H and O–H groups in total. The minimum absolute atomic E-state index is 0.452. The van der Waals surface area contributed by atoms with E-state index in [1.165, 1.54) is 5.57 Å². The number of allylic oxidation sites excluding steroid dienone is 3. The highest BCUT2D eigenvalue weighted by Gasteiger charge is 2.39. The molecule has 0 radical (unpaired) electrons. The van der Waals surface area contributed by atoms with Gasteiger partial charge in [-0.1, -0.05) is 100 Å². The van der Waals surface area contributed by atoms with Gasteiger partial charge in [0.15, 0.2) is 0 Å². The SMILES string of the molecule is COc1ccc(C(OCc2cccc(Br)c2)(/C2=C/C=C(/C)CC#CC2)c2ccccc2)cc1. The lowest BCUT2D eigenvalue weighted by Gasteiger charge is -2.37. The van der Waals surface area contributed by atoms with E-state index in [0.29, 0.717) is 13.0 Å². The highest BCUT2D eigenvalue weighted by atomic mass is 79.9. The minimum atomic E-state index is -0.793. The van der Waals surface area contributed by atoms with Gasteiger partial charge in [-0.25, -0.2) is 0 Å². The Labute approximate surface area is 205 Å². The molecule has 0 amide bonds. The monoisotopic (exact) mass is 498 g/mol. The summed E-state index contributed by atoms with van der Waals surface area (Å²) in [4.78, 5) is 0. The molecule has 0 spiro atoms. The summed E-state index contributed by atoms with van der Waals surface area (Å²) in [5, 5.41) is 0. The number of benzene rings is 3. The van der Waals surface area contributed by atoms with E-state index in [2.05, 4.69) is 95.4 Å². The van der Waals surface area contributed by atoms with Crippen molar-refractivity contribution in [1.29, 1.82) is 0 Å². The number of hydrogen-bond donors (Lipinski definition) is 0. The molecular weight excluding hydrogens is 472 g/mol. The molecule has 1 unspecified atom stereocenters. The van der Waals surface area contributed by atoms with E-state index in [4.69, 9.17) is 9.47 Å². The van der Waals surface area contributed by atoms with Crippen molar-refractivity contribution in [2.75, 3.05) is 7.11 Å². The lowest BCUT2D eigenvalue weighted by Crippen LogP contribution is -2.34. The second kappa shape index (κ2) is 10.7. The number of methoxy groups -OCH3 is 1. The first-order chi connectivity index (χ1) is 16.1. The van der Waals surface area contributed by atoms with Gasteiger partial charge >= 0.3 is 0 Å². The Morgan fingerprint density at radius 2 is 1.58 bits per heavy atom. The Balaban J connectivity index is 1.91. The summed E-state index contributed by atoms with van der Waals surface area (Å²) in [7, 11) is 1.68. The van der Waals surface area contributed by atoms with Crippen molar-refractivity contribution in [3.05, 3.63) is 123 Å². The Morgan fingerprint density at radius 1 is 0.848 bits per heavy atom. The van der Waals surface area contributed by atoms with E-state index in [-0.39, 0.29) is 0 Å². The number of hydrogen-bond acceptors (Lipinski definition) is 2. The lowest BCUT2D eigenvalue weighted by molar-refractivity contribution is -0.00400.